The largest absolute Gasteiger partial charge is 0.481 e. The van der Waals surface area contributed by atoms with Crippen LogP contribution in [0.5, 0.6) is 0 Å². The molecule has 94 valence electrons. The maximum Gasteiger partial charge on any atom is 0.309 e. The zero-order chi connectivity index (χ0) is 13.1. The second-order valence-electron chi connectivity index (χ2n) is 3.22. The fourth-order valence-corrected chi connectivity index (χ4v) is 4.07. The third-order valence-electron chi connectivity index (χ3n) is 1.82. The zero-order valence-electron chi connectivity index (χ0n) is 8.76. The Morgan fingerprint density at radius 3 is 2.94 bits per heavy atom. The van der Waals surface area contributed by atoms with Crippen molar-refractivity contribution < 1.29 is 9.90 Å². The number of thiazole rings is 1. The first-order valence-corrected chi connectivity index (χ1v) is 7.98. The summed E-state index contributed by atoms with van der Waals surface area (Å²) in [6, 6.07) is 1.90. The van der Waals surface area contributed by atoms with E-state index in [1.807, 2.05) is 6.07 Å². The molecule has 2 rings (SSSR count). The molecule has 0 unspecified atom stereocenters. The van der Waals surface area contributed by atoms with Gasteiger partial charge in [-0.3, -0.25) is 4.79 Å². The molecule has 2 aromatic heterocycles. The average molecular weight is 410 g/mol. The van der Waals surface area contributed by atoms with Crippen LogP contribution in [0.2, 0.25) is 0 Å². The van der Waals surface area contributed by atoms with Gasteiger partial charge in [0.25, 0.3) is 0 Å². The molecular weight excluding hydrogens is 404 g/mol. The highest BCUT2D eigenvalue weighted by atomic mass is 79.9. The second-order valence-corrected chi connectivity index (χ2v) is 7.08. The van der Waals surface area contributed by atoms with Crippen LogP contribution < -0.4 is 0 Å². The van der Waals surface area contributed by atoms with Crippen LogP contribution in [-0.2, 0) is 11.2 Å². The number of halogens is 2. The van der Waals surface area contributed by atoms with Crippen molar-refractivity contribution in [3.05, 3.63) is 32.3 Å². The summed E-state index contributed by atoms with van der Waals surface area (Å²) in [7, 11) is 0. The van der Waals surface area contributed by atoms with Crippen LogP contribution in [0, 0.1) is 0 Å². The number of pyridine rings is 1. The van der Waals surface area contributed by atoms with Gasteiger partial charge in [0.2, 0.25) is 0 Å². The molecule has 0 aliphatic carbocycles. The third kappa shape index (κ3) is 3.78. The van der Waals surface area contributed by atoms with Crippen molar-refractivity contribution in [1.82, 2.24) is 9.97 Å². The summed E-state index contributed by atoms with van der Waals surface area (Å²) in [5.41, 5.74) is 0.572. The Morgan fingerprint density at radius 2 is 2.28 bits per heavy atom. The average Bonchev–Trinajstić information content (AvgIpc) is 2.69. The van der Waals surface area contributed by atoms with Crippen LogP contribution in [0.1, 0.15) is 5.69 Å². The Kier molecular flexibility index (Phi) is 4.77. The van der Waals surface area contributed by atoms with E-state index in [1.54, 1.807) is 11.6 Å². The molecule has 0 saturated heterocycles. The first-order chi connectivity index (χ1) is 8.54. The topological polar surface area (TPSA) is 63.1 Å². The van der Waals surface area contributed by atoms with Gasteiger partial charge >= 0.3 is 5.97 Å². The molecule has 18 heavy (non-hydrogen) atoms. The molecular formula is C10H6Br2N2O2S2. The Hall–Kier alpha value is -0.440. The minimum absolute atomic E-state index is 0.0496. The third-order valence-corrected chi connectivity index (χ3v) is 5.13. The van der Waals surface area contributed by atoms with E-state index in [2.05, 4.69) is 41.8 Å². The molecule has 1 N–H and O–H groups in total. The van der Waals surface area contributed by atoms with E-state index in [1.165, 1.54) is 23.1 Å². The highest BCUT2D eigenvalue weighted by Crippen LogP contribution is 2.34. The van der Waals surface area contributed by atoms with Crippen LogP contribution in [0.15, 0.2) is 36.0 Å². The van der Waals surface area contributed by atoms with E-state index in [0.29, 0.717) is 5.69 Å². The van der Waals surface area contributed by atoms with Crippen molar-refractivity contribution in [1.29, 1.82) is 0 Å². The van der Waals surface area contributed by atoms with E-state index in [0.717, 1.165) is 18.3 Å². The molecule has 0 aliphatic rings. The number of rotatable bonds is 4. The highest BCUT2D eigenvalue weighted by molar-refractivity contribution is 9.11. The fourth-order valence-electron chi connectivity index (χ4n) is 1.13. The Labute approximate surface area is 128 Å². The monoisotopic (exact) mass is 408 g/mol. The van der Waals surface area contributed by atoms with Gasteiger partial charge < -0.3 is 5.11 Å². The van der Waals surface area contributed by atoms with Gasteiger partial charge in [-0.15, -0.1) is 11.3 Å². The number of hydrogen-bond acceptors (Lipinski definition) is 5. The normalized spacial score (nSPS) is 10.6. The van der Waals surface area contributed by atoms with Gasteiger partial charge in [0.05, 0.1) is 16.6 Å². The lowest BCUT2D eigenvalue weighted by Gasteiger charge is -2.00. The zero-order valence-corrected chi connectivity index (χ0v) is 13.6. The fraction of sp³-hybridized carbons (Fsp3) is 0.100. The van der Waals surface area contributed by atoms with Gasteiger partial charge in [-0.1, -0.05) is 0 Å². The van der Waals surface area contributed by atoms with Crippen molar-refractivity contribution in [2.75, 3.05) is 0 Å². The molecule has 0 bridgehead atoms. The van der Waals surface area contributed by atoms with Crippen molar-refractivity contribution >= 4 is 60.9 Å². The smallest absolute Gasteiger partial charge is 0.309 e. The second kappa shape index (κ2) is 6.14. The maximum atomic E-state index is 10.6. The number of aromatic nitrogens is 2. The minimum atomic E-state index is -0.875. The Morgan fingerprint density at radius 1 is 1.50 bits per heavy atom. The number of carbonyl (C=O) groups is 1. The SMILES string of the molecule is O=C(O)Cc1csc(Sc2ncc(Br)cc2Br)n1. The van der Waals surface area contributed by atoms with Gasteiger partial charge in [0.1, 0.15) is 5.03 Å². The highest BCUT2D eigenvalue weighted by Gasteiger charge is 2.10. The lowest BCUT2D eigenvalue weighted by molar-refractivity contribution is -0.136. The molecule has 0 fully saturated rings. The van der Waals surface area contributed by atoms with Crippen LogP contribution in [0.4, 0.5) is 0 Å². The van der Waals surface area contributed by atoms with Gasteiger partial charge in [-0.2, -0.15) is 0 Å². The molecule has 0 aliphatic heterocycles. The molecule has 4 nitrogen and oxygen atoms in total. The predicted molar refractivity (Wildman–Crippen MR) is 77.2 cm³/mol. The van der Waals surface area contributed by atoms with Crippen molar-refractivity contribution in [2.45, 2.75) is 15.8 Å². The summed E-state index contributed by atoms with van der Waals surface area (Å²) >= 11 is 9.58. The number of hydrogen-bond donors (Lipinski definition) is 1. The van der Waals surface area contributed by atoms with Crippen LogP contribution in [0.25, 0.3) is 0 Å². The summed E-state index contributed by atoms with van der Waals surface area (Å²) in [6.07, 6.45) is 1.66. The van der Waals surface area contributed by atoms with Crippen LogP contribution in [-0.4, -0.2) is 21.0 Å². The lowest BCUT2D eigenvalue weighted by Crippen LogP contribution is -1.99. The number of nitrogens with zero attached hydrogens (tertiary/aromatic N) is 2. The van der Waals surface area contributed by atoms with Crippen LogP contribution >= 0.6 is 55.0 Å². The van der Waals surface area contributed by atoms with Crippen molar-refractivity contribution in [3.63, 3.8) is 0 Å². The summed E-state index contributed by atoms with van der Waals surface area (Å²) in [5.74, 6) is -0.875. The van der Waals surface area contributed by atoms with Crippen molar-refractivity contribution in [3.8, 4) is 0 Å². The summed E-state index contributed by atoms with van der Waals surface area (Å²) < 4.78 is 2.54. The first-order valence-electron chi connectivity index (χ1n) is 4.69. The molecule has 2 heterocycles. The quantitative estimate of drug-likeness (QED) is 0.830. The first kappa shape index (κ1) is 14.0. The van der Waals surface area contributed by atoms with E-state index >= 15 is 0 Å². The molecule has 0 aromatic carbocycles. The van der Waals surface area contributed by atoms with Gasteiger partial charge in [-0.05, 0) is 49.7 Å². The predicted octanol–water partition coefficient (Wildman–Crippen LogP) is 3.84. The van der Waals surface area contributed by atoms with Crippen LogP contribution in [0.3, 0.4) is 0 Å². The lowest BCUT2D eigenvalue weighted by atomic mass is 10.3. The number of aliphatic carboxylic acids is 1. The maximum absolute atomic E-state index is 10.6. The van der Waals surface area contributed by atoms with E-state index < -0.39 is 5.97 Å². The van der Waals surface area contributed by atoms with Gasteiger partial charge in [-0.25, -0.2) is 9.97 Å². The molecule has 0 amide bonds. The van der Waals surface area contributed by atoms with Gasteiger partial charge in [0.15, 0.2) is 4.34 Å². The Balaban J connectivity index is 2.13. The molecule has 0 atom stereocenters. The summed E-state index contributed by atoms with van der Waals surface area (Å²) in [4.78, 5) is 19.1. The molecule has 0 saturated carbocycles. The summed E-state index contributed by atoms with van der Waals surface area (Å²) in [6.45, 7) is 0. The van der Waals surface area contributed by atoms with E-state index in [9.17, 15) is 4.79 Å². The molecule has 0 spiro atoms. The number of carboxylic acids is 1. The molecule has 8 heteroatoms. The van der Waals surface area contributed by atoms with E-state index in [4.69, 9.17) is 5.11 Å². The molecule has 2 aromatic rings. The minimum Gasteiger partial charge on any atom is -0.481 e. The Bertz CT molecular complexity index is 589. The van der Waals surface area contributed by atoms with Crippen molar-refractivity contribution in [2.24, 2.45) is 0 Å². The molecule has 0 radical (unpaired) electrons. The van der Waals surface area contributed by atoms with Gasteiger partial charge in [0, 0.05) is 16.0 Å². The van der Waals surface area contributed by atoms with E-state index in [-0.39, 0.29) is 6.42 Å². The number of carboxylic acid groups (broad SMARTS) is 1. The summed E-state index contributed by atoms with van der Waals surface area (Å²) in [5, 5.41) is 11.2. The standard InChI is InChI=1S/C10H6Br2N2O2S2/c11-5-1-7(12)9(13-3-5)18-10-14-6(4-17-10)2-8(15)16/h1,3-4H,2H2,(H,15,16).